The van der Waals surface area contributed by atoms with E-state index in [1.807, 2.05) is 69.6 Å². The van der Waals surface area contributed by atoms with E-state index in [0.717, 1.165) is 5.56 Å². The lowest BCUT2D eigenvalue weighted by atomic mass is 10.1. The van der Waals surface area contributed by atoms with Gasteiger partial charge in [0.2, 0.25) is 5.89 Å². The number of nitrogens with one attached hydrogen (secondary N) is 1. The average Bonchev–Trinajstić information content (AvgIpc) is 3.47. The Bertz CT molecular complexity index is 1150. The Kier molecular flexibility index (Phi) is 6.30. The lowest BCUT2D eigenvalue weighted by molar-refractivity contribution is 0.0942. The highest BCUT2D eigenvalue weighted by molar-refractivity contribution is 7.10. The molecule has 4 aromatic rings. The highest BCUT2D eigenvalue weighted by atomic mass is 32.1. The zero-order valence-electron chi connectivity index (χ0n) is 17.8. The largest absolute Gasteiger partial charge is 0.436 e. The van der Waals surface area contributed by atoms with E-state index < -0.39 is 0 Å². The minimum absolute atomic E-state index is 0.117. The van der Waals surface area contributed by atoms with Crippen molar-refractivity contribution in [3.63, 3.8) is 0 Å². The smallest absolute Gasteiger partial charge is 0.252 e. The van der Waals surface area contributed by atoms with Gasteiger partial charge in [-0.15, -0.1) is 11.3 Å². The molecule has 0 bridgehead atoms. The number of thiophene rings is 1. The van der Waals surface area contributed by atoms with E-state index in [-0.39, 0.29) is 11.9 Å². The van der Waals surface area contributed by atoms with Crippen molar-refractivity contribution in [1.82, 2.24) is 15.2 Å². The zero-order valence-corrected chi connectivity index (χ0v) is 18.6. The highest BCUT2D eigenvalue weighted by Gasteiger charge is 2.20. The van der Waals surface area contributed by atoms with Gasteiger partial charge in [-0.1, -0.05) is 48.0 Å². The number of carbonyl (C=O) groups is 1. The van der Waals surface area contributed by atoms with Gasteiger partial charge in [0.25, 0.3) is 5.91 Å². The topological polar surface area (TPSA) is 58.4 Å². The van der Waals surface area contributed by atoms with Crippen LogP contribution >= 0.6 is 11.3 Å². The molecule has 31 heavy (non-hydrogen) atoms. The third-order valence-electron chi connectivity index (χ3n) is 5.19. The molecule has 0 spiro atoms. The van der Waals surface area contributed by atoms with Crippen molar-refractivity contribution in [3.05, 3.63) is 88.2 Å². The molecule has 4 rings (SSSR count). The van der Waals surface area contributed by atoms with Crippen LogP contribution in [0.4, 0.5) is 0 Å². The standard InChI is InChI=1S/C25H25N3O2S/c1-17-10-12-18(13-11-17)22-16-27-25(30-22)20-8-5-4-7-19(20)24(29)26-15-21(28(2)3)23-9-6-14-31-23/h4-14,16,21H,15H2,1-3H3,(H,26,29). The predicted molar refractivity (Wildman–Crippen MR) is 125 cm³/mol. The summed E-state index contributed by atoms with van der Waals surface area (Å²) in [7, 11) is 4.04. The number of oxazole rings is 1. The maximum Gasteiger partial charge on any atom is 0.252 e. The summed E-state index contributed by atoms with van der Waals surface area (Å²) in [6, 6.07) is 19.7. The van der Waals surface area contributed by atoms with Crippen molar-refractivity contribution in [2.45, 2.75) is 13.0 Å². The molecule has 0 saturated heterocycles. The van der Waals surface area contributed by atoms with E-state index in [4.69, 9.17) is 4.42 Å². The second kappa shape index (κ2) is 9.29. The molecule has 1 amide bonds. The van der Waals surface area contributed by atoms with E-state index >= 15 is 0 Å². The second-order valence-corrected chi connectivity index (χ2v) is 8.63. The summed E-state index contributed by atoms with van der Waals surface area (Å²) in [5.74, 6) is 0.966. The number of aromatic nitrogens is 1. The van der Waals surface area contributed by atoms with Gasteiger partial charge >= 0.3 is 0 Å². The van der Waals surface area contributed by atoms with Crippen LogP contribution in [0.15, 0.2) is 76.7 Å². The molecule has 0 saturated carbocycles. The van der Waals surface area contributed by atoms with Gasteiger partial charge in [0, 0.05) is 22.5 Å². The number of hydrogen-bond donors (Lipinski definition) is 1. The van der Waals surface area contributed by atoms with Gasteiger partial charge in [-0.2, -0.15) is 0 Å². The van der Waals surface area contributed by atoms with Gasteiger partial charge in [-0.3, -0.25) is 4.79 Å². The average molecular weight is 432 g/mol. The molecular weight excluding hydrogens is 406 g/mol. The summed E-state index contributed by atoms with van der Waals surface area (Å²) < 4.78 is 6.01. The number of nitrogens with zero attached hydrogens (tertiary/aromatic N) is 2. The third kappa shape index (κ3) is 4.76. The first-order valence-corrected chi connectivity index (χ1v) is 11.0. The number of likely N-dealkylation sites (N-methyl/N-ethyl adjacent to an activating group) is 1. The van der Waals surface area contributed by atoms with Gasteiger partial charge in [-0.25, -0.2) is 4.98 Å². The maximum absolute atomic E-state index is 13.1. The lowest BCUT2D eigenvalue weighted by Crippen LogP contribution is -2.34. The monoisotopic (exact) mass is 431 g/mol. The quantitative estimate of drug-likeness (QED) is 0.425. The lowest BCUT2D eigenvalue weighted by Gasteiger charge is -2.23. The van der Waals surface area contributed by atoms with Crippen LogP contribution in [0.5, 0.6) is 0 Å². The zero-order chi connectivity index (χ0) is 21.8. The van der Waals surface area contributed by atoms with E-state index in [2.05, 4.69) is 26.6 Å². The van der Waals surface area contributed by atoms with Crippen LogP contribution in [0, 0.1) is 6.92 Å². The van der Waals surface area contributed by atoms with E-state index in [1.165, 1.54) is 10.4 Å². The molecule has 1 N–H and O–H groups in total. The number of carbonyl (C=O) groups excluding carboxylic acids is 1. The Balaban J connectivity index is 1.55. The van der Waals surface area contributed by atoms with Crippen LogP contribution in [-0.4, -0.2) is 36.4 Å². The molecule has 0 fully saturated rings. The second-order valence-electron chi connectivity index (χ2n) is 7.65. The summed E-state index contributed by atoms with van der Waals surface area (Å²) in [5.41, 5.74) is 3.36. The number of hydrogen-bond acceptors (Lipinski definition) is 5. The summed E-state index contributed by atoms with van der Waals surface area (Å²) in [4.78, 5) is 20.8. The molecule has 1 unspecified atom stereocenters. The summed E-state index contributed by atoms with van der Waals surface area (Å²) in [5, 5.41) is 5.13. The predicted octanol–water partition coefficient (Wildman–Crippen LogP) is 5.41. The summed E-state index contributed by atoms with van der Waals surface area (Å²) in [6.07, 6.45) is 1.70. The molecule has 0 radical (unpaired) electrons. The Morgan fingerprint density at radius 3 is 2.58 bits per heavy atom. The fourth-order valence-corrected chi connectivity index (χ4v) is 4.34. The Hall–Kier alpha value is -3.22. The molecular formula is C25H25N3O2S. The van der Waals surface area contributed by atoms with Gasteiger partial charge in [0.05, 0.1) is 17.8 Å². The molecule has 158 valence electrons. The molecule has 5 nitrogen and oxygen atoms in total. The molecule has 2 aromatic heterocycles. The van der Waals surface area contributed by atoms with Crippen molar-refractivity contribution in [3.8, 4) is 22.8 Å². The van der Waals surface area contributed by atoms with E-state index in [0.29, 0.717) is 29.3 Å². The maximum atomic E-state index is 13.1. The minimum atomic E-state index is -0.144. The van der Waals surface area contributed by atoms with Crippen LogP contribution in [0.1, 0.15) is 26.8 Å². The number of benzene rings is 2. The molecule has 2 heterocycles. The van der Waals surface area contributed by atoms with Crippen LogP contribution in [-0.2, 0) is 0 Å². The molecule has 1 atom stereocenters. The van der Waals surface area contributed by atoms with Gasteiger partial charge in [-0.05, 0) is 44.6 Å². The van der Waals surface area contributed by atoms with Crippen molar-refractivity contribution < 1.29 is 9.21 Å². The first kappa shape index (κ1) is 21.0. The summed E-state index contributed by atoms with van der Waals surface area (Å²) in [6.45, 7) is 2.56. The van der Waals surface area contributed by atoms with Crippen molar-refractivity contribution in [1.29, 1.82) is 0 Å². The van der Waals surface area contributed by atoms with Gasteiger partial charge in [0.15, 0.2) is 5.76 Å². The third-order valence-corrected chi connectivity index (χ3v) is 6.17. The highest BCUT2D eigenvalue weighted by Crippen LogP contribution is 2.29. The van der Waals surface area contributed by atoms with Crippen LogP contribution in [0.3, 0.4) is 0 Å². The van der Waals surface area contributed by atoms with E-state index in [9.17, 15) is 4.79 Å². The summed E-state index contributed by atoms with van der Waals surface area (Å²) >= 11 is 1.69. The van der Waals surface area contributed by atoms with Crippen LogP contribution in [0.2, 0.25) is 0 Å². The van der Waals surface area contributed by atoms with Crippen LogP contribution < -0.4 is 5.32 Å². The Labute approximate surface area is 186 Å². The van der Waals surface area contributed by atoms with Gasteiger partial charge < -0.3 is 14.6 Å². The molecule has 0 aliphatic heterocycles. The molecule has 2 aromatic carbocycles. The Morgan fingerprint density at radius 1 is 1.10 bits per heavy atom. The Morgan fingerprint density at radius 2 is 1.87 bits per heavy atom. The SMILES string of the molecule is Cc1ccc(-c2cnc(-c3ccccc3C(=O)NCC(c3cccs3)N(C)C)o2)cc1. The van der Waals surface area contributed by atoms with E-state index in [1.54, 1.807) is 23.6 Å². The molecule has 0 aliphatic carbocycles. The molecule has 6 heteroatoms. The minimum Gasteiger partial charge on any atom is -0.436 e. The number of amides is 1. The van der Waals surface area contributed by atoms with Crippen molar-refractivity contribution in [2.24, 2.45) is 0 Å². The first-order chi connectivity index (χ1) is 15.0. The first-order valence-electron chi connectivity index (χ1n) is 10.1. The van der Waals surface area contributed by atoms with Crippen molar-refractivity contribution in [2.75, 3.05) is 20.6 Å². The number of rotatable bonds is 7. The normalized spacial score (nSPS) is 12.1. The van der Waals surface area contributed by atoms with Crippen molar-refractivity contribution >= 4 is 17.2 Å². The number of aryl methyl sites for hydroxylation is 1. The van der Waals surface area contributed by atoms with Crippen LogP contribution in [0.25, 0.3) is 22.8 Å². The fraction of sp³-hybridized carbons (Fsp3) is 0.200. The molecule has 0 aliphatic rings. The van der Waals surface area contributed by atoms with Gasteiger partial charge in [0.1, 0.15) is 0 Å². The fourth-order valence-electron chi connectivity index (χ4n) is 3.42.